The number of carboxylic acids is 1. The van der Waals surface area contributed by atoms with E-state index in [-0.39, 0.29) is 0 Å². The number of carbonyl (C=O) groups is 2. The first-order valence-electron chi connectivity index (χ1n) is 6.01. The number of urea groups is 1. The lowest BCUT2D eigenvalue weighted by molar-refractivity contribution is -0.144. The number of aliphatic carboxylic acids is 1. The van der Waals surface area contributed by atoms with Gasteiger partial charge in [0.15, 0.2) is 0 Å². The van der Waals surface area contributed by atoms with Crippen molar-refractivity contribution in [3.05, 3.63) is 12.7 Å². The van der Waals surface area contributed by atoms with Crippen molar-refractivity contribution >= 4 is 12.0 Å². The summed E-state index contributed by atoms with van der Waals surface area (Å²) in [6.45, 7) is 4.12. The molecule has 0 spiro atoms. The molecule has 0 atom stereocenters. The maximum Gasteiger partial charge on any atom is 0.329 e. The maximum absolute atomic E-state index is 11.6. The second-order valence-electron chi connectivity index (χ2n) is 4.41. The van der Waals surface area contributed by atoms with Gasteiger partial charge >= 0.3 is 12.0 Å². The summed E-state index contributed by atoms with van der Waals surface area (Å²) in [5.41, 5.74) is -1.05. The molecule has 0 aromatic carbocycles. The van der Waals surface area contributed by atoms with Gasteiger partial charge in [0.2, 0.25) is 0 Å². The third-order valence-electron chi connectivity index (χ3n) is 3.09. The summed E-state index contributed by atoms with van der Waals surface area (Å²) in [6, 6.07) is -0.390. The van der Waals surface area contributed by atoms with Crippen molar-refractivity contribution in [3.8, 4) is 0 Å². The molecule has 1 aliphatic rings. The van der Waals surface area contributed by atoms with Crippen molar-refractivity contribution in [1.82, 2.24) is 10.6 Å². The van der Waals surface area contributed by atoms with Gasteiger partial charge in [0.05, 0.1) is 0 Å². The average molecular weight is 240 g/mol. The first kappa shape index (κ1) is 13.5. The van der Waals surface area contributed by atoms with E-state index in [9.17, 15) is 9.59 Å². The number of unbranched alkanes of at least 4 members (excludes halogenated alkanes) is 1. The van der Waals surface area contributed by atoms with E-state index in [4.69, 9.17) is 5.11 Å². The SMILES string of the molecule is C=CCCCNC(=O)NC1(C(=O)O)CCCC1. The summed E-state index contributed by atoms with van der Waals surface area (Å²) >= 11 is 0. The molecule has 0 heterocycles. The van der Waals surface area contributed by atoms with Crippen molar-refractivity contribution in [2.75, 3.05) is 6.54 Å². The molecule has 0 saturated heterocycles. The molecule has 0 unspecified atom stereocenters. The first-order valence-corrected chi connectivity index (χ1v) is 6.01. The Balaban J connectivity index is 2.37. The Labute approximate surface area is 101 Å². The highest BCUT2D eigenvalue weighted by Crippen LogP contribution is 2.29. The van der Waals surface area contributed by atoms with Crippen LogP contribution in [0, 0.1) is 0 Å². The molecule has 1 rings (SSSR count). The fourth-order valence-corrected chi connectivity index (χ4v) is 2.08. The molecule has 5 heteroatoms. The zero-order valence-corrected chi connectivity index (χ0v) is 10.00. The smallest absolute Gasteiger partial charge is 0.329 e. The molecule has 0 aromatic heterocycles. The normalized spacial score (nSPS) is 17.4. The quantitative estimate of drug-likeness (QED) is 0.488. The fourth-order valence-electron chi connectivity index (χ4n) is 2.08. The van der Waals surface area contributed by atoms with Gasteiger partial charge in [0.25, 0.3) is 0 Å². The highest BCUT2D eigenvalue weighted by atomic mass is 16.4. The summed E-state index contributed by atoms with van der Waals surface area (Å²) in [7, 11) is 0. The zero-order chi connectivity index (χ0) is 12.7. The van der Waals surface area contributed by atoms with Crippen molar-refractivity contribution < 1.29 is 14.7 Å². The molecule has 1 aliphatic carbocycles. The minimum atomic E-state index is -1.05. The number of nitrogens with one attached hydrogen (secondary N) is 2. The van der Waals surface area contributed by atoms with Crippen LogP contribution in [0.5, 0.6) is 0 Å². The van der Waals surface area contributed by atoms with Crippen LogP contribution in [-0.4, -0.2) is 29.2 Å². The van der Waals surface area contributed by atoms with Gasteiger partial charge in [-0.05, 0) is 25.7 Å². The topological polar surface area (TPSA) is 78.4 Å². The van der Waals surface area contributed by atoms with Gasteiger partial charge in [-0.3, -0.25) is 0 Å². The van der Waals surface area contributed by atoms with E-state index in [0.717, 1.165) is 25.7 Å². The van der Waals surface area contributed by atoms with Crippen LogP contribution in [0.1, 0.15) is 38.5 Å². The Bertz CT molecular complexity index is 296. The molecular weight excluding hydrogens is 220 g/mol. The molecule has 96 valence electrons. The van der Waals surface area contributed by atoms with Crippen LogP contribution in [-0.2, 0) is 4.79 Å². The lowest BCUT2D eigenvalue weighted by Crippen LogP contribution is -2.55. The highest BCUT2D eigenvalue weighted by molar-refractivity contribution is 5.86. The molecule has 0 bridgehead atoms. The Kier molecular flexibility index (Phi) is 5.00. The number of hydrogen-bond donors (Lipinski definition) is 3. The van der Waals surface area contributed by atoms with Crippen LogP contribution in [0.3, 0.4) is 0 Å². The lowest BCUT2D eigenvalue weighted by Gasteiger charge is -2.25. The van der Waals surface area contributed by atoms with Gasteiger partial charge in [-0.15, -0.1) is 6.58 Å². The minimum Gasteiger partial charge on any atom is -0.480 e. The standard InChI is InChI=1S/C12H20N2O3/c1-2-3-6-9-13-11(17)14-12(10(15)16)7-4-5-8-12/h2H,1,3-9H2,(H,15,16)(H2,13,14,17). The van der Waals surface area contributed by atoms with Gasteiger partial charge in [-0.25, -0.2) is 9.59 Å². The number of carbonyl (C=O) groups excluding carboxylic acids is 1. The van der Waals surface area contributed by atoms with E-state index in [1.807, 2.05) is 0 Å². The van der Waals surface area contributed by atoms with E-state index >= 15 is 0 Å². The summed E-state index contributed by atoms with van der Waals surface area (Å²) in [5.74, 6) is -0.934. The second-order valence-corrected chi connectivity index (χ2v) is 4.41. The molecule has 0 aromatic rings. The molecule has 2 amide bonds. The van der Waals surface area contributed by atoms with E-state index in [0.29, 0.717) is 19.4 Å². The lowest BCUT2D eigenvalue weighted by atomic mass is 9.98. The minimum absolute atomic E-state index is 0.390. The average Bonchev–Trinajstić information content (AvgIpc) is 2.74. The van der Waals surface area contributed by atoms with E-state index in [2.05, 4.69) is 17.2 Å². The Morgan fingerprint density at radius 3 is 2.53 bits per heavy atom. The van der Waals surface area contributed by atoms with E-state index in [1.54, 1.807) is 6.08 Å². The van der Waals surface area contributed by atoms with Crippen LogP contribution in [0.15, 0.2) is 12.7 Å². The molecule has 5 nitrogen and oxygen atoms in total. The summed E-state index contributed by atoms with van der Waals surface area (Å²) in [5, 5.41) is 14.4. The third-order valence-corrected chi connectivity index (χ3v) is 3.09. The molecular formula is C12H20N2O3. The van der Waals surface area contributed by atoms with Crippen LogP contribution in [0.2, 0.25) is 0 Å². The second kappa shape index (κ2) is 6.27. The van der Waals surface area contributed by atoms with Crippen LogP contribution in [0.25, 0.3) is 0 Å². The third kappa shape index (κ3) is 3.76. The van der Waals surface area contributed by atoms with Crippen molar-refractivity contribution in [3.63, 3.8) is 0 Å². The molecule has 1 saturated carbocycles. The summed E-state index contributed by atoms with van der Waals surface area (Å²) < 4.78 is 0. The van der Waals surface area contributed by atoms with Crippen molar-refractivity contribution in [2.45, 2.75) is 44.1 Å². The molecule has 3 N–H and O–H groups in total. The molecule has 1 fully saturated rings. The Morgan fingerprint density at radius 1 is 1.35 bits per heavy atom. The van der Waals surface area contributed by atoms with Crippen LogP contribution in [0.4, 0.5) is 4.79 Å². The fraction of sp³-hybridized carbons (Fsp3) is 0.667. The van der Waals surface area contributed by atoms with Crippen molar-refractivity contribution in [1.29, 1.82) is 0 Å². The van der Waals surface area contributed by atoms with Crippen LogP contribution < -0.4 is 10.6 Å². The Morgan fingerprint density at radius 2 is 2.00 bits per heavy atom. The first-order chi connectivity index (χ1) is 8.10. The number of allylic oxidation sites excluding steroid dienone is 1. The van der Waals surface area contributed by atoms with Gasteiger partial charge in [0, 0.05) is 6.54 Å². The summed E-state index contributed by atoms with van der Waals surface area (Å²) in [6.07, 6.45) is 6.17. The largest absolute Gasteiger partial charge is 0.480 e. The predicted octanol–water partition coefficient (Wildman–Crippen LogP) is 1.65. The Hall–Kier alpha value is -1.52. The number of carboxylic acid groups (broad SMARTS) is 1. The number of rotatable bonds is 6. The predicted molar refractivity (Wildman–Crippen MR) is 64.8 cm³/mol. The molecule has 17 heavy (non-hydrogen) atoms. The van der Waals surface area contributed by atoms with Gasteiger partial charge in [-0.2, -0.15) is 0 Å². The highest BCUT2D eigenvalue weighted by Gasteiger charge is 2.42. The van der Waals surface area contributed by atoms with Crippen molar-refractivity contribution in [2.24, 2.45) is 0 Å². The molecule has 0 aliphatic heterocycles. The molecule has 0 radical (unpaired) electrons. The zero-order valence-electron chi connectivity index (χ0n) is 10.00. The van der Waals surface area contributed by atoms with Gasteiger partial charge in [0.1, 0.15) is 5.54 Å². The number of amides is 2. The van der Waals surface area contributed by atoms with E-state index < -0.39 is 17.5 Å². The van der Waals surface area contributed by atoms with Crippen LogP contribution >= 0.6 is 0 Å². The number of hydrogen-bond acceptors (Lipinski definition) is 2. The van der Waals surface area contributed by atoms with Gasteiger partial charge in [-0.1, -0.05) is 18.9 Å². The maximum atomic E-state index is 11.6. The monoisotopic (exact) mass is 240 g/mol. The van der Waals surface area contributed by atoms with Gasteiger partial charge < -0.3 is 15.7 Å². The van der Waals surface area contributed by atoms with E-state index in [1.165, 1.54) is 0 Å². The summed E-state index contributed by atoms with van der Waals surface area (Å²) in [4.78, 5) is 22.7.